The molecule has 2 fully saturated rings. The molecule has 6 heteroatoms. The van der Waals surface area contributed by atoms with Crippen LogP contribution >= 0.6 is 0 Å². The van der Waals surface area contributed by atoms with Crippen LogP contribution in [0.15, 0.2) is 54.7 Å². The summed E-state index contributed by atoms with van der Waals surface area (Å²) < 4.78 is 5.47. The largest absolute Gasteiger partial charge is 0.445 e. The van der Waals surface area contributed by atoms with Crippen molar-refractivity contribution in [2.24, 2.45) is 11.8 Å². The molecule has 3 heterocycles. The zero-order valence-electron chi connectivity index (χ0n) is 17.3. The molecule has 1 unspecified atom stereocenters. The number of rotatable bonds is 5. The van der Waals surface area contributed by atoms with Crippen LogP contribution in [0.2, 0.25) is 0 Å². The average molecular weight is 408 g/mol. The molecule has 2 aromatic rings. The van der Waals surface area contributed by atoms with Crippen molar-refractivity contribution in [2.45, 2.75) is 32.3 Å². The first-order valence-electron chi connectivity index (χ1n) is 10.9. The summed E-state index contributed by atoms with van der Waals surface area (Å²) in [6.07, 6.45) is 4.90. The van der Waals surface area contributed by atoms with E-state index in [0.29, 0.717) is 18.9 Å². The van der Waals surface area contributed by atoms with Crippen LogP contribution in [0, 0.1) is 11.8 Å². The lowest BCUT2D eigenvalue weighted by Crippen LogP contribution is -2.45. The molecule has 0 bridgehead atoms. The van der Waals surface area contributed by atoms with Gasteiger partial charge in [0.05, 0.1) is 0 Å². The van der Waals surface area contributed by atoms with Crippen molar-refractivity contribution >= 4 is 17.7 Å². The molecule has 1 aromatic carbocycles. The molecule has 1 aromatic heterocycles. The minimum atomic E-state index is -0.318. The Kier molecular flexibility index (Phi) is 6.62. The van der Waals surface area contributed by atoms with Crippen molar-refractivity contribution in [1.82, 2.24) is 9.88 Å². The second kappa shape index (κ2) is 9.74. The number of likely N-dealkylation sites (tertiary alicyclic amines) is 1. The van der Waals surface area contributed by atoms with E-state index in [1.54, 1.807) is 11.1 Å². The Morgan fingerprint density at radius 1 is 0.933 bits per heavy atom. The maximum absolute atomic E-state index is 13.1. The molecule has 0 aliphatic carbocycles. The van der Waals surface area contributed by atoms with Gasteiger partial charge in [0.25, 0.3) is 0 Å². The summed E-state index contributed by atoms with van der Waals surface area (Å²) in [5.74, 6) is 1.30. The number of carbonyl (C=O) groups excluding carboxylic acids is 2. The standard InChI is InChI=1S/C24H29N3O3/c28-23(20-11-15-26(16-12-20)22-10-4-5-13-25-22)21-9-6-14-27(17-21)24(29)30-18-19-7-2-1-3-8-19/h1-5,7-8,10,13,20-21H,6,9,11-12,14-18H2. The van der Waals surface area contributed by atoms with Crippen LogP contribution in [0.1, 0.15) is 31.2 Å². The van der Waals surface area contributed by atoms with Crippen LogP contribution in [0.3, 0.4) is 0 Å². The molecule has 2 saturated heterocycles. The Morgan fingerprint density at radius 3 is 2.43 bits per heavy atom. The van der Waals surface area contributed by atoms with Crippen LogP contribution in [-0.2, 0) is 16.1 Å². The number of hydrogen-bond donors (Lipinski definition) is 0. The van der Waals surface area contributed by atoms with E-state index >= 15 is 0 Å². The van der Waals surface area contributed by atoms with Gasteiger partial charge in [-0.2, -0.15) is 0 Å². The van der Waals surface area contributed by atoms with E-state index in [2.05, 4.69) is 9.88 Å². The summed E-state index contributed by atoms with van der Waals surface area (Å²) in [7, 11) is 0. The quantitative estimate of drug-likeness (QED) is 0.752. The number of benzene rings is 1. The van der Waals surface area contributed by atoms with Gasteiger partial charge in [0.15, 0.2) is 0 Å². The lowest BCUT2D eigenvalue weighted by molar-refractivity contribution is -0.128. The van der Waals surface area contributed by atoms with Crippen molar-refractivity contribution in [3.63, 3.8) is 0 Å². The first kappa shape index (κ1) is 20.4. The highest BCUT2D eigenvalue weighted by atomic mass is 16.6. The molecule has 0 N–H and O–H groups in total. The molecule has 6 nitrogen and oxygen atoms in total. The van der Waals surface area contributed by atoms with Crippen LogP contribution in [0.25, 0.3) is 0 Å². The Hall–Kier alpha value is -2.89. The Balaban J connectivity index is 1.27. The lowest BCUT2D eigenvalue weighted by Gasteiger charge is -2.36. The summed E-state index contributed by atoms with van der Waals surface area (Å²) >= 11 is 0. The van der Waals surface area contributed by atoms with E-state index in [4.69, 9.17) is 4.74 Å². The molecule has 0 spiro atoms. The number of piperidine rings is 2. The van der Waals surface area contributed by atoms with E-state index in [-0.39, 0.29) is 24.5 Å². The molecule has 0 saturated carbocycles. The summed E-state index contributed by atoms with van der Waals surface area (Å²) in [6.45, 7) is 3.11. The van der Waals surface area contributed by atoms with E-state index in [0.717, 1.165) is 50.2 Å². The van der Waals surface area contributed by atoms with Gasteiger partial charge >= 0.3 is 6.09 Å². The summed E-state index contributed by atoms with van der Waals surface area (Å²) in [6, 6.07) is 15.6. The molecular formula is C24H29N3O3. The molecule has 30 heavy (non-hydrogen) atoms. The Morgan fingerprint density at radius 2 is 1.70 bits per heavy atom. The fourth-order valence-electron chi connectivity index (χ4n) is 4.45. The third-order valence-electron chi connectivity index (χ3n) is 6.16. The number of hydrogen-bond acceptors (Lipinski definition) is 5. The van der Waals surface area contributed by atoms with E-state index < -0.39 is 0 Å². The average Bonchev–Trinajstić information content (AvgIpc) is 2.83. The van der Waals surface area contributed by atoms with Crippen LogP contribution in [-0.4, -0.2) is 47.9 Å². The third kappa shape index (κ3) is 4.99. The molecule has 2 aliphatic heterocycles. The maximum atomic E-state index is 13.1. The molecule has 158 valence electrons. The van der Waals surface area contributed by atoms with Crippen LogP contribution in [0.5, 0.6) is 0 Å². The highest BCUT2D eigenvalue weighted by Gasteiger charge is 2.34. The summed E-state index contributed by atoms with van der Waals surface area (Å²) in [5, 5.41) is 0. The fraction of sp³-hybridized carbons (Fsp3) is 0.458. The Labute approximate surface area is 177 Å². The molecule has 4 rings (SSSR count). The molecule has 2 aliphatic rings. The van der Waals surface area contributed by atoms with Gasteiger partial charge < -0.3 is 14.5 Å². The monoisotopic (exact) mass is 407 g/mol. The normalized spacial score (nSPS) is 20.1. The summed E-state index contributed by atoms with van der Waals surface area (Å²) in [5.41, 5.74) is 0.968. The van der Waals surface area contributed by atoms with Crippen molar-refractivity contribution in [1.29, 1.82) is 0 Å². The van der Waals surface area contributed by atoms with Gasteiger partial charge in [-0.05, 0) is 43.4 Å². The minimum absolute atomic E-state index is 0.0746. The van der Waals surface area contributed by atoms with Gasteiger partial charge in [-0.15, -0.1) is 0 Å². The fourth-order valence-corrected chi connectivity index (χ4v) is 4.45. The highest BCUT2D eigenvalue weighted by molar-refractivity contribution is 5.84. The van der Waals surface area contributed by atoms with Gasteiger partial charge in [0.1, 0.15) is 18.2 Å². The minimum Gasteiger partial charge on any atom is -0.445 e. The zero-order chi connectivity index (χ0) is 20.8. The number of carbonyl (C=O) groups is 2. The van der Waals surface area contributed by atoms with Gasteiger partial charge in [-0.3, -0.25) is 4.79 Å². The summed E-state index contributed by atoms with van der Waals surface area (Å²) in [4.78, 5) is 34.0. The predicted octanol–water partition coefficient (Wildman–Crippen LogP) is 3.92. The maximum Gasteiger partial charge on any atom is 0.410 e. The molecular weight excluding hydrogens is 378 g/mol. The van der Waals surface area contributed by atoms with E-state index in [1.807, 2.05) is 48.5 Å². The second-order valence-corrected chi connectivity index (χ2v) is 8.18. The van der Waals surface area contributed by atoms with Crippen molar-refractivity contribution in [3.8, 4) is 0 Å². The van der Waals surface area contributed by atoms with Crippen LogP contribution in [0.4, 0.5) is 10.6 Å². The second-order valence-electron chi connectivity index (χ2n) is 8.18. The van der Waals surface area contributed by atoms with Crippen molar-refractivity contribution < 1.29 is 14.3 Å². The number of Topliss-reactive ketones (excluding diaryl/α,β-unsaturated/α-hetero) is 1. The number of ether oxygens (including phenoxy) is 1. The van der Waals surface area contributed by atoms with Gasteiger partial charge in [0, 0.05) is 44.2 Å². The molecule has 1 amide bonds. The van der Waals surface area contributed by atoms with Gasteiger partial charge in [-0.25, -0.2) is 9.78 Å². The van der Waals surface area contributed by atoms with Crippen molar-refractivity contribution in [3.05, 3.63) is 60.3 Å². The topological polar surface area (TPSA) is 62.7 Å². The van der Waals surface area contributed by atoms with Crippen LogP contribution < -0.4 is 4.90 Å². The van der Waals surface area contributed by atoms with E-state index in [9.17, 15) is 9.59 Å². The number of aromatic nitrogens is 1. The number of ketones is 1. The predicted molar refractivity (Wildman–Crippen MR) is 115 cm³/mol. The third-order valence-corrected chi connectivity index (χ3v) is 6.16. The Bertz CT molecular complexity index is 835. The smallest absolute Gasteiger partial charge is 0.410 e. The number of amides is 1. The zero-order valence-corrected chi connectivity index (χ0v) is 17.3. The first-order chi connectivity index (χ1) is 14.7. The van der Waals surface area contributed by atoms with E-state index in [1.165, 1.54) is 0 Å². The SMILES string of the molecule is O=C(C1CCN(c2ccccn2)CC1)C1CCCN(C(=O)OCc2ccccc2)C1. The lowest BCUT2D eigenvalue weighted by atomic mass is 9.82. The highest BCUT2D eigenvalue weighted by Crippen LogP contribution is 2.28. The van der Waals surface area contributed by atoms with Crippen molar-refractivity contribution in [2.75, 3.05) is 31.1 Å². The van der Waals surface area contributed by atoms with Gasteiger partial charge in [0.2, 0.25) is 0 Å². The number of anilines is 1. The first-order valence-corrected chi connectivity index (χ1v) is 10.9. The molecule has 1 atom stereocenters. The van der Waals surface area contributed by atoms with Gasteiger partial charge in [-0.1, -0.05) is 36.4 Å². The molecule has 0 radical (unpaired) electrons. The number of pyridine rings is 1. The number of nitrogens with zero attached hydrogens (tertiary/aromatic N) is 3.